The number of piperazine rings is 1. The van der Waals surface area contributed by atoms with E-state index in [0.717, 1.165) is 0 Å². The molecule has 0 atom stereocenters. The van der Waals surface area contributed by atoms with Gasteiger partial charge in [-0.15, -0.1) is 0 Å². The van der Waals surface area contributed by atoms with Gasteiger partial charge >= 0.3 is 0 Å². The van der Waals surface area contributed by atoms with Gasteiger partial charge in [0.25, 0.3) is 5.56 Å². The third kappa shape index (κ3) is 5.38. The number of hydrogen-bond donors (Lipinski definition) is 1. The number of anilines is 1. The van der Waals surface area contributed by atoms with Crippen LogP contribution >= 0.6 is 46.4 Å². The zero-order chi connectivity index (χ0) is 32.9. The Labute approximate surface area is 277 Å². The molecule has 1 fully saturated rings. The molecule has 9 nitrogen and oxygen atoms in total. The molecule has 1 N–H and O–H groups in total. The minimum absolute atomic E-state index is 0.0250. The minimum atomic E-state index is -1.21. The van der Waals surface area contributed by atoms with Crippen molar-refractivity contribution in [2.24, 2.45) is 0 Å². The number of aromatic nitrogens is 3. The number of aryl methyl sites for hydroxylation is 1. The number of benzene rings is 1. The standard InChI is InChI=1S/C31H25Cl4FN6O3/c1-5-19(43)40-8-10-41(11-9-40)28-16-12-18(32)26(20-21(33)22(34)23(35)29(44)24(20)36)39-30(16)42(31(45)17(28)13-37)27-15(4)6-7-38-25(27)14(2)3/h5-7,12,14,44H,1,8-11H2,2-4H3. The lowest BCUT2D eigenvalue weighted by atomic mass is 10.0. The van der Waals surface area contributed by atoms with Crippen LogP contribution in [0.25, 0.3) is 28.0 Å². The maximum atomic E-state index is 15.6. The van der Waals surface area contributed by atoms with Gasteiger partial charge in [0.2, 0.25) is 5.91 Å². The molecule has 0 spiro atoms. The van der Waals surface area contributed by atoms with Crippen molar-refractivity contribution in [3.63, 3.8) is 0 Å². The molecule has 45 heavy (non-hydrogen) atoms. The Kier molecular flexibility index (Phi) is 9.02. The van der Waals surface area contributed by atoms with Crippen LogP contribution in [0.2, 0.25) is 20.1 Å². The summed E-state index contributed by atoms with van der Waals surface area (Å²) in [5.74, 6) is -2.54. The van der Waals surface area contributed by atoms with Gasteiger partial charge in [-0.05, 0) is 36.6 Å². The van der Waals surface area contributed by atoms with E-state index in [4.69, 9.17) is 51.4 Å². The second kappa shape index (κ2) is 12.5. The highest BCUT2D eigenvalue weighted by molar-refractivity contribution is 6.50. The summed E-state index contributed by atoms with van der Waals surface area (Å²) < 4.78 is 16.9. The Morgan fingerprint density at radius 1 is 1.13 bits per heavy atom. The predicted molar refractivity (Wildman–Crippen MR) is 175 cm³/mol. The van der Waals surface area contributed by atoms with Crippen molar-refractivity contribution in [1.29, 1.82) is 5.26 Å². The van der Waals surface area contributed by atoms with Gasteiger partial charge in [-0.2, -0.15) is 5.26 Å². The first-order chi connectivity index (χ1) is 21.3. The number of fused-ring (bicyclic) bond motifs is 1. The smallest absolute Gasteiger partial charge is 0.276 e. The second-order valence-electron chi connectivity index (χ2n) is 10.7. The zero-order valence-corrected chi connectivity index (χ0v) is 27.3. The first-order valence-corrected chi connectivity index (χ1v) is 15.2. The fourth-order valence-corrected chi connectivity index (χ4v) is 6.40. The molecule has 4 heterocycles. The topological polar surface area (TPSA) is 115 Å². The number of phenolic OH excluding ortho intramolecular Hbond substituents is 1. The molecule has 4 aromatic rings. The fourth-order valence-electron chi connectivity index (χ4n) is 5.47. The van der Waals surface area contributed by atoms with Gasteiger partial charge in [0.05, 0.1) is 43.4 Å². The van der Waals surface area contributed by atoms with Crippen molar-refractivity contribution < 1.29 is 14.3 Å². The van der Waals surface area contributed by atoms with Gasteiger partial charge in [0.1, 0.15) is 22.3 Å². The molecule has 0 unspecified atom stereocenters. The molecule has 0 radical (unpaired) electrons. The van der Waals surface area contributed by atoms with Crippen LogP contribution in [0, 0.1) is 24.1 Å². The first-order valence-electron chi connectivity index (χ1n) is 13.7. The summed E-state index contributed by atoms with van der Waals surface area (Å²) in [6.45, 7) is 10.3. The summed E-state index contributed by atoms with van der Waals surface area (Å²) in [7, 11) is 0. The third-order valence-electron chi connectivity index (χ3n) is 7.67. The molecule has 1 amide bonds. The van der Waals surface area contributed by atoms with Crippen molar-refractivity contribution in [2.75, 3.05) is 31.1 Å². The van der Waals surface area contributed by atoms with E-state index in [1.54, 1.807) is 24.1 Å². The Morgan fingerprint density at radius 3 is 2.40 bits per heavy atom. The van der Waals surface area contributed by atoms with Crippen LogP contribution in [0.1, 0.15) is 36.6 Å². The highest BCUT2D eigenvalue weighted by atomic mass is 35.5. The van der Waals surface area contributed by atoms with Gasteiger partial charge in [-0.25, -0.2) is 9.37 Å². The van der Waals surface area contributed by atoms with Gasteiger partial charge in [-0.3, -0.25) is 19.1 Å². The van der Waals surface area contributed by atoms with E-state index in [-0.39, 0.29) is 62.6 Å². The van der Waals surface area contributed by atoms with Crippen LogP contribution in [0.5, 0.6) is 5.75 Å². The Hall–Kier alpha value is -3.88. The molecule has 232 valence electrons. The number of phenols is 1. The number of carbonyl (C=O) groups is 1. The molecule has 14 heteroatoms. The molecule has 1 saturated heterocycles. The number of nitriles is 1. The molecule has 1 aliphatic rings. The van der Waals surface area contributed by atoms with Crippen molar-refractivity contribution in [3.8, 4) is 28.8 Å². The zero-order valence-electron chi connectivity index (χ0n) is 24.3. The molecular weight excluding hydrogens is 665 g/mol. The van der Waals surface area contributed by atoms with Crippen LogP contribution in [0.3, 0.4) is 0 Å². The largest absolute Gasteiger partial charge is 0.504 e. The number of hydrogen-bond acceptors (Lipinski definition) is 7. The van der Waals surface area contributed by atoms with Gasteiger partial charge < -0.3 is 14.9 Å². The van der Waals surface area contributed by atoms with Crippen LogP contribution in [0.4, 0.5) is 10.1 Å². The summed E-state index contributed by atoms with van der Waals surface area (Å²) in [6.07, 6.45) is 2.85. The Balaban J connectivity index is 1.93. The minimum Gasteiger partial charge on any atom is -0.504 e. The van der Waals surface area contributed by atoms with Crippen LogP contribution in [0.15, 0.2) is 35.8 Å². The average molecular weight is 690 g/mol. The number of pyridine rings is 3. The maximum Gasteiger partial charge on any atom is 0.276 e. The molecular formula is C31H25Cl4FN6O3. The van der Waals surface area contributed by atoms with Crippen molar-refractivity contribution in [2.45, 2.75) is 26.7 Å². The van der Waals surface area contributed by atoms with E-state index in [1.807, 2.05) is 18.7 Å². The molecule has 5 rings (SSSR count). The maximum absolute atomic E-state index is 15.6. The Morgan fingerprint density at radius 2 is 1.80 bits per heavy atom. The fraction of sp³-hybridized carbons (Fsp3) is 0.258. The second-order valence-corrected chi connectivity index (χ2v) is 12.2. The first kappa shape index (κ1) is 32.5. The number of aromatic hydroxyl groups is 1. The van der Waals surface area contributed by atoms with E-state index in [2.05, 4.69) is 17.6 Å². The van der Waals surface area contributed by atoms with E-state index in [9.17, 15) is 20.0 Å². The number of carbonyl (C=O) groups excluding carboxylic acids is 1. The van der Waals surface area contributed by atoms with Crippen LogP contribution < -0.4 is 10.5 Å². The number of rotatable bonds is 5. The van der Waals surface area contributed by atoms with Gasteiger partial charge in [0, 0.05) is 37.8 Å². The van der Waals surface area contributed by atoms with Crippen LogP contribution in [-0.2, 0) is 4.79 Å². The molecule has 1 aromatic carbocycles. The summed E-state index contributed by atoms with van der Waals surface area (Å²) in [5, 5.41) is 19.8. The quantitative estimate of drug-likeness (QED) is 0.136. The molecule has 1 aliphatic heterocycles. The number of amides is 1. The summed E-state index contributed by atoms with van der Waals surface area (Å²) in [5.41, 5.74) is 0.395. The lowest BCUT2D eigenvalue weighted by molar-refractivity contribution is -0.126. The molecule has 0 saturated carbocycles. The SMILES string of the molecule is C=CC(=O)N1CCN(c2c(C#N)c(=O)n(-c3c(C)ccnc3C(C)C)c3nc(-c4c(F)c(O)c(Cl)c(Cl)c4Cl)c(Cl)cc23)CC1. The lowest BCUT2D eigenvalue weighted by Crippen LogP contribution is -2.49. The van der Waals surface area contributed by atoms with Crippen LogP contribution in [-0.4, -0.2) is 56.6 Å². The predicted octanol–water partition coefficient (Wildman–Crippen LogP) is 7.04. The van der Waals surface area contributed by atoms with Crippen molar-refractivity contribution in [1.82, 2.24) is 19.4 Å². The van der Waals surface area contributed by atoms with Gasteiger partial charge in [-0.1, -0.05) is 66.8 Å². The highest BCUT2D eigenvalue weighted by Gasteiger charge is 2.31. The summed E-state index contributed by atoms with van der Waals surface area (Å²) >= 11 is 25.4. The summed E-state index contributed by atoms with van der Waals surface area (Å²) in [4.78, 5) is 39.3. The van der Waals surface area contributed by atoms with E-state index in [0.29, 0.717) is 35.4 Å². The average Bonchev–Trinajstić information content (AvgIpc) is 3.02. The molecule has 3 aromatic heterocycles. The lowest BCUT2D eigenvalue weighted by Gasteiger charge is -2.36. The Bertz CT molecular complexity index is 1990. The van der Waals surface area contributed by atoms with Gasteiger partial charge in [0.15, 0.2) is 11.6 Å². The van der Waals surface area contributed by atoms with Crippen molar-refractivity contribution in [3.05, 3.63) is 84.1 Å². The molecule has 0 bridgehead atoms. The third-order valence-corrected chi connectivity index (χ3v) is 9.28. The normalized spacial score (nSPS) is 13.4. The van der Waals surface area contributed by atoms with E-state index >= 15 is 4.39 Å². The van der Waals surface area contributed by atoms with E-state index < -0.39 is 27.7 Å². The summed E-state index contributed by atoms with van der Waals surface area (Å²) in [6, 6.07) is 5.26. The monoisotopic (exact) mass is 688 g/mol. The molecule has 0 aliphatic carbocycles. The highest BCUT2D eigenvalue weighted by Crippen LogP contribution is 2.48. The van der Waals surface area contributed by atoms with E-state index in [1.165, 1.54) is 16.7 Å². The number of nitrogens with zero attached hydrogens (tertiary/aromatic N) is 6. The van der Waals surface area contributed by atoms with Crippen molar-refractivity contribution >= 4 is 69.0 Å². The number of halogens is 5.